The average Bonchev–Trinajstić information content (AvgIpc) is 3.11. The van der Waals surface area contributed by atoms with Gasteiger partial charge in [-0.05, 0) is 44.0 Å². The van der Waals surface area contributed by atoms with Crippen molar-refractivity contribution in [3.63, 3.8) is 0 Å². The number of amides is 2. The second-order valence-corrected chi connectivity index (χ2v) is 9.11. The summed E-state index contributed by atoms with van der Waals surface area (Å²) in [5, 5.41) is 7.20. The molecule has 0 saturated carbocycles. The van der Waals surface area contributed by atoms with Gasteiger partial charge in [0.25, 0.3) is 5.91 Å². The fourth-order valence-corrected chi connectivity index (χ4v) is 4.80. The number of carbonyl (C=O) groups is 2. The number of anilines is 1. The molecule has 2 aromatic rings. The first-order chi connectivity index (χ1) is 13.7. The summed E-state index contributed by atoms with van der Waals surface area (Å²) in [5.74, 6) is -1.39. The summed E-state index contributed by atoms with van der Waals surface area (Å²) in [5.41, 5.74) is 5.59. The number of sulfonamides is 1. The predicted molar refractivity (Wildman–Crippen MR) is 108 cm³/mol. The number of nitrogens with one attached hydrogen (secondary N) is 1. The van der Waals surface area contributed by atoms with Crippen molar-refractivity contribution in [3.8, 4) is 0 Å². The van der Waals surface area contributed by atoms with Gasteiger partial charge in [-0.3, -0.25) is 14.3 Å². The molecule has 11 heteroatoms. The zero-order valence-electron chi connectivity index (χ0n) is 15.8. The summed E-state index contributed by atoms with van der Waals surface area (Å²) in [6.07, 6.45) is 2.29. The maximum atomic E-state index is 12.7. The number of hydrogen-bond acceptors (Lipinski definition) is 5. The summed E-state index contributed by atoms with van der Waals surface area (Å²) >= 11 is 5.82. The van der Waals surface area contributed by atoms with E-state index < -0.39 is 15.9 Å². The Hall–Kier alpha value is -2.43. The van der Waals surface area contributed by atoms with E-state index in [1.807, 2.05) is 6.92 Å². The lowest BCUT2D eigenvalue weighted by atomic mass is 9.97. The molecule has 1 aliphatic rings. The third kappa shape index (κ3) is 4.60. The second kappa shape index (κ2) is 8.52. The molecule has 0 aliphatic carbocycles. The Morgan fingerprint density at radius 2 is 1.86 bits per heavy atom. The fourth-order valence-electron chi connectivity index (χ4n) is 3.21. The molecule has 1 fully saturated rings. The lowest BCUT2D eigenvalue weighted by Crippen LogP contribution is -2.41. The lowest BCUT2D eigenvalue weighted by molar-refractivity contribution is -0.120. The molecule has 3 N–H and O–H groups in total. The number of halogens is 1. The number of carbonyl (C=O) groups excluding carboxylic acids is 2. The van der Waals surface area contributed by atoms with Crippen LogP contribution in [0.3, 0.4) is 0 Å². The van der Waals surface area contributed by atoms with Gasteiger partial charge in [0.15, 0.2) is 5.69 Å². The minimum atomic E-state index is -3.64. The molecule has 1 aromatic carbocycles. The van der Waals surface area contributed by atoms with Crippen molar-refractivity contribution < 1.29 is 18.0 Å². The summed E-state index contributed by atoms with van der Waals surface area (Å²) in [6.45, 7) is 2.82. The van der Waals surface area contributed by atoms with Crippen LogP contribution in [0.2, 0.25) is 5.02 Å². The van der Waals surface area contributed by atoms with Crippen molar-refractivity contribution in [1.29, 1.82) is 0 Å². The third-order valence-corrected chi connectivity index (χ3v) is 7.02. The highest BCUT2D eigenvalue weighted by molar-refractivity contribution is 7.89. The van der Waals surface area contributed by atoms with Gasteiger partial charge in [-0.2, -0.15) is 9.40 Å². The van der Waals surface area contributed by atoms with Crippen LogP contribution in [0.25, 0.3) is 0 Å². The highest BCUT2D eigenvalue weighted by Gasteiger charge is 2.32. The molecule has 0 bridgehead atoms. The second-order valence-electron chi connectivity index (χ2n) is 6.73. The van der Waals surface area contributed by atoms with E-state index in [2.05, 4.69) is 10.4 Å². The Labute approximate surface area is 173 Å². The van der Waals surface area contributed by atoms with Crippen molar-refractivity contribution in [2.24, 2.45) is 11.7 Å². The highest BCUT2D eigenvalue weighted by atomic mass is 35.5. The van der Waals surface area contributed by atoms with E-state index in [4.69, 9.17) is 17.3 Å². The fraction of sp³-hybridized carbons (Fsp3) is 0.389. The third-order valence-electron chi connectivity index (χ3n) is 4.85. The van der Waals surface area contributed by atoms with Crippen LogP contribution in [0.5, 0.6) is 0 Å². The first-order valence-corrected chi connectivity index (χ1v) is 11.0. The average molecular weight is 440 g/mol. The van der Waals surface area contributed by atoms with Crippen molar-refractivity contribution in [3.05, 3.63) is 41.2 Å². The number of aryl methyl sites for hydroxylation is 1. The van der Waals surface area contributed by atoms with Gasteiger partial charge in [0, 0.05) is 36.8 Å². The van der Waals surface area contributed by atoms with Crippen molar-refractivity contribution >= 4 is 39.1 Å². The standard InChI is InChI=1S/C18H22ClN5O4S/c1-2-23-11-15(16(22-23)17(20)25)21-18(26)12-7-9-24(10-8-12)29(27,28)14-5-3-13(19)4-6-14/h3-6,11-12H,2,7-10H2,1H3,(H2,20,25)(H,21,26). The molecule has 2 heterocycles. The number of rotatable bonds is 6. The van der Waals surface area contributed by atoms with Crippen LogP contribution in [0.1, 0.15) is 30.3 Å². The van der Waals surface area contributed by atoms with Gasteiger partial charge in [-0.1, -0.05) is 11.6 Å². The van der Waals surface area contributed by atoms with Crippen LogP contribution in [0.15, 0.2) is 35.4 Å². The number of nitrogens with two attached hydrogens (primary N) is 1. The predicted octanol–water partition coefficient (Wildman–Crippen LogP) is 1.69. The van der Waals surface area contributed by atoms with E-state index in [-0.39, 0.29) is 41.2 Å². The van der Waals surface area contributed by atoms with Crippen LogP contribution in [0, 0.1) is 5.92 Å². The van der Waals surface area contributed by atoms with Crippen molar-refractivity contribution in [2.75, 3.05) is 18.4 Å². The van der Waals surface area contributed by atoms with E-state index >= 15 is 0 Å². The molecule has 0 radical (unpaired) electrons. The molecule has 1 aliphatic heterocycles. The van der Waals surface area contributed by atoms with Crippen molar-refractivity contribution in [2.45, 2.75) is 31.2 Å². The molecular weight excluding hydrogens is 418 g/mol. The maximum Gasteiger partial charge on any atom is 0.271 e. The van der Waals surface area contributed by atoms with E-state index in [0.717, 1.165) is 0 Å². The Balaban J connectivity index is 1.65. The lowest BCUT2D eigenvalue weighted by Gasteiger charge is -2.30. The van der Waals surface area contributed by atoms with Gasteiger partial charge in [-0.25, -0.2) is 8.42 Å². The first kappa shape index (κ1) is 21.3. The SMILES string of the molecule is CCn1cc(NC(=O)C2CCN(S(=O)(=O)c3ccc(Cl)cc3)CC2)c(C(N)=O)n1. The van der Waals surface area contributed by atoms with E-state index in [1.165, 1.54) is 33.3 Å². The van der Waals surface area contributed by atoms with Crippen LogP contribution in [-0.4, -0.2) is 47.4 Å². The Morgan fingerprint density at radius 1 is 1.24 bits per heavy atom. The number of hydrogen-bond donors (Lipinski definition) is 2. The summed E-state index contributed by atoms with van der Waals surface area (Å²) < 4.78 is 28.4. The van der Waals surface area contributed by atoms with Gasteiger partial charge in [0.1, 0.15) is 0 Å². The van der Waals surface area contributed by atoms with Gasteiger partial charge in [0.05, 0.1) is 10.6 Å². The minimum absolute atomic E-state index is 0.00273. The molecular formula is C18H22ClN5O4S. The molecule has 29 heavy (non-hydrogen) atoms. The van der Waals surface area contributed by atoms with E-state index in [0.29, 0.717) is 24.4 Å². The number of benzene rings is 1. The zero-order chi connectivity index (χ0) is 21.2. The summed E-state index contributed by atoms with van der Waals surface area (Å²) in [6, 6.07) is 5.99. The Morgan fingerprint density at radius 3 is 2.41 bits per heavy atom. The van der Waals surface area contributed by atoms with Crippen LogP contribution < -0.4 is 11.1 Å². The van der Waals surface area contributed by atoms with Gasteiger partial charge < -0.3 is 11.1 Å². The minimum Gasteiger partial charge on any atom is -0.364 e. The van der Waals surface area contributed by atoms with E-state index in [9.17, 15) is 18.0 Å². The van der Waals surface area contributed by atoms with Crippen LogP contribution in [-0.2, 0) is 21.4 Å². The highest BCUT2D eigenvalue weighted by Crippen LogP contribution is 2.26. The van der Waals surface area contributed by atoms with Crippen LogP contribution in [0.4, 0.5) is 5.69 Å². The largest absolute Gasteiger partial charge is 0.364 e. The number of piperidine rings is 1. The summed E-state index contributed by atoms with van der Waals surface area (Å²) in [7, 11) is -3.64. The molecule has 156 valence electrons. The molecule has 1 saturated heterocycles. The van der Waals surface area contributed by atoms with Crippen LogP contribution >= 0.6 is 11.6 Å². The number of nitrogens with zero attached hydrogens (tertiary/aromatic N) is 3. The normalized spacial score (nSPS) is 15.9. The molecule has 0 unspecified atom stereocenters. The molecule has 2 amide bonds. The zero-order valence-corrected chi connectivity index (χ0v) is 17.4. The maximum absolute atomic E-state index is 12.7. The Bertz CT molecular complexity index is 1010. The van der Waals surface area contributed by atoms with Gasteiger partial charge in [0.2, 0.25) is 15.9 Å². The number of primary amides is 1. The topological polar surface area (TPSA) is 127 Å². The molecule has 3 rings (SSSR count). The first-order valence-electron chi connectivity index (χ1n) is 9.16. The number of aromatic nitrogens is 2. The quantitative estimate of drug-likeness (QED) is 0.707. The molecule has 9 nitrogen and oxygen atoms in total. The van der Waals surface area contributed by atoms with Crippen molar-refractivity contribution in [1.82, 2.24) is 14.1 Å². The molecule has 0 atom stereocenters. The molecule has 1 aromatic heterocycles. The smallest absolute Gasteiger partial charge is 0.271 e. The summed E-state index contributed by atoms with van der Waals surface area (Å²) in [4.78, 5) is 24.3. The Kier molecular flexibility index (Phi) is 6.25. The van der Waals surface area contributed by atoms with Gasteiger partial charge >= 0.3 is 0 Å². The molecule has 0 spiro atoms. The monoisotopic (exact) mass is 439 g/mol. The van der Waals surface area contributed by atoms with E-state index in [1.54, 1.807) is 6.20 Å². The van der Waals surface area contributed by atoms with Gasteiger partial charge in [-0.15, -0.1) is 0 Å².